The van der Waals surface area contributed by atoms with Crippen molar-refractivity contribution in [2.45, 2.75) is 18.9 Å². The molecule has 1 unspecified atom stereocenters. The van der Waals surface area contributed by atoms with Gasteiger partial charge in [0.05, 0.1) is 18.0 Å². The lowest BCUT2D eigenvalue weighted by Crippen LogP contribution is -2.39. The van der Waals surface area contributed by atoms with Gasteiger partial charge in [-0.25, -0.2) is 19.9 Å². The van der Waals surface area contributed by atoms with Gasteiger partial charge in [-0.15, -0.1) is 0 Å². The summed E-state index contributed by atoms with van der Waals surface area (Å²) < 4.78 is 19.7. The van der Waals surface area contributed by atoms with Gasteiger partial charge < -0.3 is 20.3 Å². The highest BCUT2D eigenvalue weighted by molar-refractivity contribution is 5.95. The normalized spacial score (nSPS) is 20.2. The third-order valence-electron chi connectivity index (χ3n) is 5.00. The first-order valence-corrected chi connectivity index (χ1v) is 9.55. The molecule has 1 aromatic carbocycles. The number of aliphatic imine (C=N–C) groups is 1. The molecule has 0 saturated carbocycles. The van der Waals surface area contributed by atoms with Crippen molar-refractivity contribution in [3.8, 4) is 5.75 Å². The van der Waals surface area contributed by atoms with Crippen LogP contribution in [0.1, 0.15) is 24.4 Å². The number of hydrogen-bond donors (Lipinski definition) is 3. The number of carbonyl (C=O) groups is 1. The van der Waals surface area contributed by atoms with Crippen LogP contribution in [0.4, 0.5) is 4.39 Å². The maximum atomic E-state index is 14.1. The summed E-state index contributed by atoms with van der Waals surface area (Å²) in [5.41, 5.74) is 4.39. The molecule has 3 N–H and O–H groups in total. The second-order valence-corrected chi connectivity index (χ2v) is 6.74. The molecule has 4 rings (SSSR count). The van der Waals surface area contributed by atoms with E-state index < -0.39 is 0 Å². The maximum absolute atomic E-state index is 14.1. The summed E-state index contributed by atoms with van der Waals surface area (Å²) in [7, 11) is 1.81. The topological polar surface area (TPSA) is 93.6 Å². The molecule has 1 amide bonds. The molecule has 0 radical (unpaired) electrons. The fourth-order valence-corrected chi connectivity index (χ4v) is 3.67. The third kappa shape index (κ3) is 3.84. The first-order chi connectivity index (χ1) is 14.7. The van der Waals surface area contributed by atoms with Gasteiger partial charge in [-0.05, 0) is 37.1 Å². The van der Waals surface area contributed by atoms with Gasteiger partial charge in [0.1, 0.15) is 23.7 Å². The molecule has 0 aliphatic carbocycles. The number of amides is 1. The molecular formula is C20H22FN7O2. The minimum Gasteiger partial charge on any atom is -0.463 e. The number of likely N-dealkylation sites (tertiary alicyclic amines) is 1. The molecule has 1 atom stereocenters. The molecule has 10 heteroatoms. The number of carbonyl (C=O) groups excluding carboxylic acids is 1. The lowest BCUT2D eigenvalue weighted by atomic mass is 10.0. The van der Waals surface area contributed by atoms with E-state index in [2.05, 4.69) is 26.2 Å². The van der Waals surface area contributed by atoms with E-state index in [0.717, 1.165) is 36.5 Å². The van der Waals surface area contributed by atoms with Crippen molar-refractivity contribution in [2.24, 2.45) is 10.1 Å². The van der Waals surface area contributed by atoms with E-state index in [9.17, 15) is 9.18 Å². The molecular weight excluding hydrogens is 389 g/mol. The van der Waals surface area contributed by atoms with Gasteiger partial charge in [-0.2, -0.15) is 5.10 Å². The molecule has 30 heavy (non-hydrogen) atoms. The quantitative estimate of drug-likeness (QED) is 0.487. The van der Waals surface area contributed by atoms with Gasteiger partial charge in [0.25, 0.3) is 0 Å². The Morgan fingerprint density at radius 3 is 3.13 bits per heavy atom. The van der Waals surface area contributed by atoms with Crippen LogP contribution in [-0.4, -0.2) is 42.0 Å². The van der Waals surface area contributed by atoms with Crippen LogP contribution in [0.3, 0.4) is 0 Å². The van der Waals surface area contributed by atoms with E-state index in [4.69, 9.17) is 9.73 Å². The molecule has 1 fully saturated rings. The number of ether oxygens (including phenoxy) is 1. The number of allylic oxidation sites excluding steroid dienone is 1. The summed E-state index contributed by atoms with van der Waals surface area (Å²) in [6.07, 6.45) is 10.5. The standard InChI is InChI=1S/C20H22FN7O2/c1-22-16-12-24-26-28-9-6-19(25-20(16)28)27-8-2-3-17(27)15-11-14(21)4-5-18(15)30-10-7-23-13-29/h4-7,9-13,17,22,26H,2-3,8H2,1H3,(H,23,29)/b10-7+. The molecule has 1 saturated heterocycles. The average molecular weight is 411 g/mol. The van der Waals surface area contributed by atoms with Crippen LogP contribution < -0.4 is 20.9 Å². The van der Waals surface area contributed by atoms with E-state index in [0.29, 0.717) is 18.0 Å². The number of nitrogens with zero attached hydrogens (tertiary/aromatic N) is 4. The molecule has 9 nitrogen and oxygen atoms in total. The van der Waals surface area contributed by atoms with Crippen molar-refractivity contribution in [3.63, 3.8) is 0 Å². The Morgan fingerprint density at radius 2 is 2.30 bits per heavy atom. The van der Waals surface area contributed by atoms with Crippen molar-refractivity contribution in [3.05, 3.63) is 65.8 Å². The predicted octanol–water partition coefficient (Wildman–Crippen LogP) is 1.68. The number of fused-ring (bicyclic) bond motifs is 1. The highest BCUT2D eigenvalue weighted by atomic mass is 19.1. The Morgan fingerprint density at radius 1 is 1.40 bits per heavy atom. The summed E-state index contributed by atoms with van der Waals surface area (Å²) in [6.45, 7) is 0.788. The average Bonchev–Trinajstić information content (AvgIpc) is 3.26. The predicted molar refractivity (Wildman–Crippen MR) is 110 cm³/mol. The number of halogens is 1. The zero-order chi connectivity index (χ0) is 20.9. The summed E-state index contributed by atoms with van der Waals surface area (Å²) in [4.78, 5) is 17.3. The van der Waals surface area contributed by atoms with Crippen molar-refractivity contribution in [2.75, 3.05) is 13.6 Å². The van der Waals surface area contributed by atoms with Gasteiger partial charge in [-0.1, -0.05) is 0 Å². The van der Waals surface area contributed by atoms with Gasteiger partial charge in [0.15, 0.2) is 5.82 Å². The van der Waals surface area contributed by atoms with E-state index in [1.165, 1.54) is 24.6 Å². The lowest BCUT2D eigenvalue weighted by Gasteiger charge is -2.33. The first kappa shape index (κ1) is 19.5. The van der Waals surface area contributed by atoms with Crippen molar-refractivity contribution >= 4 is 18.5 Å². The van der Waals surface area contributed by atoms with Crippen LogP contribution in [0, 0.1) is 5.82 Å². The van der Waals surface area contributed by atoms with E-state index >= 15 is 0 Å². The minimum absolute atomic E-state index is 0.0954. The summed E-state index contributed by atoms with van der Waals surface area (Å²) >= 11 is 0. The largest absolute Gasteiger partial charge is 0.463 e. The van der Waals surface area contributed by atoms with Crippen molar-refractivity contribution in [1.29, 1.82) is 0 Å². The SMILES string of the molecule is CNC1=C2N=C(N3CCCC3c3cc(F)ccc3O/C=C/NC=O)C=CN2NN=C1. The fraction of sp³-hybridized carbons (Fsp3) is 0.250. The Balaban J connectivity index is 1.65. The van der Waals surface area contributed by atoms with Crippen LogP contribution in [0.25, 0.3) is 0 Å². The molecule has 156 valence electrons. The van der Waals surface area contributed by atoms with Crippen LogP contribution in [-0.2, 0) is 4.79 Å². The molecule has 0 bridgehead atoms. The molecule has 0 spiro atoms. The molecule has 3 aliphatic heterocycles. The van der Waals surface area contributed by atoms with Crippen LogP contribution in [0.15, 0.2) is 64.5 Å². The van der Waals surface area contributed by atoms with Crippen molar-refractivity contribution in [1.82, 2.24) is 26.1 Å². The summed E-state index contributed by atoms with van der Waals surface area (Å²) in [5.74, 6) is 1.68. The molecule has 3 aliphatic rings. The second-order valence-electron chi connectivity index (χ2n) is 6.74. The Labute approximate surface area is 173 Å². The number of rotatable bonds is 6. The summed E-state index contributed by atoms with van der Waals surface area (Å²) in [5, 5.41) is 11.3. The Bertz CT molecular complexity index is 970. The minimum atomic E-state index is -0.334. The van der Waals surface area contributed by atoms with Gasteiger partial charge >= 0.3 is 0 Å². The maximum Gasteiger partial charge on any atom is 0.211 e. The van der Waals surface area contributed by atoms with Gasteiger partial charge in [-0.3, -0.25) is 4.79 Å². The van der Waals surface area contributed by atoms with E-state index in [-0.39, 0.29) is 11.9 Å². The van der Waals surface area contributed by atoms with E-state index in [1.54, 1.807) is 17.3 Å². The number of nitrogens with one attached hydrogen (secondary N) is 3. The highest BCUT2D eigenvalue weighted by Gasteiger charge is 2.32. The number of hydrazine groups is 1. The molecule has 3 heterocycles. The van der Waals surface area contributed by atoms with Crippen LogP contribution >= 0.6 is 0 Å². The van der Waals surface area contributed by atoms with E-state index in [1.807, 2.05) is 19.3 Å². The fourth-order valence-electron chi connectivity index (χ4n) is 3.67. The number of hydrogen-bond acceptors (Lipinski definition) is 8. The second kappa shape index (κ2) is 8.68. The highest BCUT2D eigenvalue weighted by Crippen LogP contribution is 2.38. The molecule has 1 aromatic rings. The molecule has 0 aromatic heterocycles. The monoisotopic (exact) mass is 411 g/mol. The third-order valence-corrected chi connectivity index (χ3v) is 5.00. The zero-order valence-corrected chi connectivity index (χ0v) is 16.4. The zero-order valence-electron chi connectivity index (χ0n) is 16.4. The first-order valence-electron chi connectivity index (χ1n) is 9.55. The van der Waals surface area contributed by atoms with Crippen LogP contribution in [0.2, 0.25) is 0 Å². The lowest BCUT2D eigenvalue weighted by molar-refractivity contribution is -0.108. The van der Waals surface area contributed by atoms with Crippen LogP contribution in [0.5, 0.6) is 5.75 Å². The summed E-state index contributed by atoms with van der Waals surface area (Å²) in [6, 6.07) is 4.34. The van der Waals surface area contributed by atoms with Crippen molar-refractivity contribution < 1.29 is 13.9 Å². The Hall–Kier alpha value is -3.82. The number of benzene rings is 1. The smallest absolute Gasteiger partial charge is 0.211 e. The number of hydrazone groups is 1. The Kier molecular flexibility index (Phi) is 5.64. The number of amidine groups is 1. The van der Waals surface area contributed by atoms with Gasteiger partial charge in [0, 0.05) is 31.6 Å². The van der Waals surface area contributed by atoms with Gasteiger partial charge in [0.2, 0.25) is 6.41 Å².